The molecule has 84 valence electrons. The van der Waals surface area contributed by atoms with E-state index in [1.54, 1.807) is 14.2 Å². The number of aryl methyl sites for hydroxylation is 1. The highest BCUT2D eigenvalue weighted by molar-refractivity contribution is 6.32. The van der Waals surface area contributed by atoms with Crippen LogP contribution in [0.25, 0.3) is 0 Å². The van der Waals surface area contributed by atoms with E-state index in [-0.39, 0.29) is 6.23 Å². The molecule has 1 N–H and O–H groups in total. The van der Waals surface area contributed by atoms with Gasteiger partial charge in [-0.3, -0.25) is 5.32 Å². The number of hydrogen-bond donors (Lipinski definition) is 1. The lowest BCUT2D eigenvalue weighted by molar-refractivity contribution is 0.0803. The number of rotatable bonds is 4. The average molecular weight is 230 g/mol. The van der Waals surface area contributed by atoms with Crippen LogP contribution < -0.4 is 10.1 Å². The Kier molecular flexibility index (Phi) is 4.39. The van der Waals surface area contributed by atoms with Crippen LogP contribution in [-0.2, 0) is 4.74 Å². The summed E-state index contributed by atoms with van der Waals surface area (Å²) in [5, 5.41) is 3.64. The van der Waals surface area contributed by atoms with Crippen molar-refractivity contribution in [1.82, 2.24) is 5.32 Å². The summed E-state index contributed by atoms with van der Waals surface area (Å²) in [6.45, 7) is 2.00. The summed E-state index contributed by atoms with van der Waals surface area (Å²) in [6, 6.07) is 3.77. The van der Waals surface area contributed by atoms with Gasteiger partial charge in [0.15, 0.2) is 0 Å². The molecule has 3 nitrogen and oxygen atoms in total. The maximum atomic E-state index is 6.05. The van der Waals surface area contributed by atoms with E-state index < -0.39 is 0 Å². The SMILES string of the molecule is CNC(OC)c1cc(Cl)c(OC)cc1C. The van der Waals surface area contributed by atoms with Gasteiger partial charge in [-0.1, -0.05) is 11.6 Å². The molecule has 1 unspecified atom stereocenters. The molecular formula is C11H16ClNO2. The lowest BCUT2D eigenvalue weighted by Crippen LogP contribution is -2.19. The first kappa shape index (κ1) is 12.3. The van der Waals surface area contributed by atoms with E-state index in [1.165, 1.54) is 0 Å². The van der Waals surface area contributed by atoms with Crippen molar-refractivity contribution in [2.45, 2.75) is 13.2 Å². The minimum atomic E-state index is -0.145. The Morgan fingerprint density at radius 1 is 1.33 bits per heavy atom. The highest BCUT2D eigenvalue weighted by Gasteiger charge is 2.13. The van der Waals surface area contributed by atoms with Gasteiger partial charge in [0.05, 0.1) is 12.1 Å². The molecule has 0 aliphatic rings. The standard InChI is InChI=1S/C11H16ClNO2/c1-7-5-10(14-3)9(12)6-8(7)11(13-2)15-4/h5-6,11,13H,1-4H3. The monoisotopic (exact) mass is 229 g/mol. The van der Waals surface area contributed by atoms with Gasteiger partial charge in [-0.05, 0) is 37.2 Å². The molecule has 0 aromatic heterocycles. The fourth-order valence-corrected chi connectivity index (χ4v) is 1.76. The smallest absolute Gasteiger partial charge is 0.137 e. The maximum Gasteiger partial charge on any atom is 0.137 e. The van der Waals surface area contributed by atoms with Gasteiger partial charge in [0, 0.05) is 7.11 Å². The zero-order valence-electron chi connectivity index (χ0n) is 9.43. The second kappa shape index (κ2) is 5.35. The van der Waals surface area contributed by atoms with Crippen molar-refractivity contribution in [3.63, 3.8) is 0 Å². The number of methoxy groups -OCH3 is 2. The zero-order valence-corrected chi connectivity index (χ0v) is 10.2. The largest absolute Gasteiger partial charge is 0.495 e. The van der Waals surface area contributed by atoms with Gasteiger partial charge in [0.1, 0.15) is 12.0 Å². The summed E-state index contributed by atoms with van der Waals surface area (Å²) in [7, 11) is 5.09. The van der Waals surface area contributed by atoms with Crippen LogP contribution in [-0.4, -0.2) is 21.3 Å². The minimum Gasteiger partial charge on any atom is -0.495 e. The fraction of sp³-hybridized carbons (Fsp3) is 0.455. The van der Waals surface area contributed by atoms with Gasteiger partial charge >= 0.3 is 0 Å². The van der Waals surface area contributed by atoms with Gasteiger partial charge < -0.3 is 9.47 Å². The summed E-state index contributed by atoms with van der Waals surface area (Å²) >= 11 is 6.05. The number of nitrogens with one attached hydrogen (secondary N) is 1. The van der Waals surface area contributed by atoms with Crippen LogP contribution in [0.5, 0.6) is 5.75 Å². The van der Waals surface area contributed by atoms with Gasteiger partial charge in [-0.25, -0.2) is 0 Å². The molecule has 4 heteroatoms. The van der Waals surface area contributed by atoms with E-state index >= 15 is 0 Å². The third-order valence-corrected chi connectivity index (χ3v) is 2.62. The average Bonchev–Trinajstić information content (AvgIpc) is 2.24. The van der Waals surface area contributed by atoms with Crippen LogP contribution in [0.15, 0.2) is 12.1 Å². The van der Waals surface area contributed by atoms with E-state index in [9.17, 15) is 0 Å². The molecule has 0 amide bonds. The summed E-state index contributed by atoms with van der Waals surface area (Å²) in [5.74, 6) is 0.684. The van der Waals surface area contributed by atoms with Gasteiger partial charge in [-0.2, -0.15) is 0 Å². The predicted octanol–water partition coefficient (Wildman–Crippen LogP) is 2.52. The van der Waals surface area contributed by atoms with Crippen LogP contribution in [0.4, 0.5) is 0 Å². The first-order valence-corrected chi connectivity index (χ1v) is 5.06. The quantitative estimate of drug-likeness (QED) is 0.805. The van der Waals surface area contributed by atoms with Gasteiger partial charge in [0.2, 0.25) is 0 Å². The highest BCUT2D eigenvalue weighted by Crippen LogP contribution is 2.30. The van der Waals surface area contributed by atoms with Crippen molar-refractivity contribution < 1.29 is 9.47 Å². The van der Waals surface area contributed by atoms with Crippen LogP contribution in [0.2, 0.25) is 5.02 Å². The normalized spacial score (nSPS) is 12.6. The molecule has 0 radical (unpaired) electrons. The molecule has 1 atom stereocenters. The molecule has 0 aliphatic carbocycles. The molecule has 0 heterocycles. The zero-order chi connectivity index (χ0) is 11.4. The third-order valence-electron chi connectivity index (χ3n) is 2.32. The summed E-state index contributed by atoms with van der Waals surface area (Å²) in [6.07, 6.45) is -0.145. The summed E-state index contributed by atoms with van der Waals surface area (Å²) < 4.78 is 10.4. The minimum absolute atomic E-state index is 0.145. The molecule has 1 aromatic carbocycles. The Bertz CT molecular complexity index is 338. The topological polar surface area (TPSA) is 30.5 Å². The molecular weight excluding hydrogens is 214 g/mol. The Morgan fingerprint density at radius 2 is 2.00 bits per heavy atom. The molecule has 15 heavy (non-hydrogen) atoms. The fourth-order valence-electron chi connectivity index (χ4n) is 1.51. The molecule has 0 bridgehead atoms. The van der Waals surface area contributed by atoms with E-state index in [4.69, 9.17) is 21.1 Å². The van der Waals surface area contributed by atoms with Crippen LogP contribution in [0.1, 0.15) is 17.4 Å². The molecule has 0 fully saturated rings. The van der Waals surface area contributed by atoms with E-state index in [1.807, 2.05) is 26.1 Å². The number of ether oxygens (including phenoxy) is 2. The van der Waals surface area contributed by atoms with Crippen molar-refractivity contribution in [3.05, 3.63) is 28.3 Å². The molecule has 0 saturated heterocycles. The van der Waals surface area contributed by atoms with Gasteiger partial charge in [0.25, 0.3) is 0 Å². The second-order valence-electron chi connectivity index (χ2n) is 3.25. The Labute approximate surface area is 95.3 Å². The Morgan fingerprint density at radius 3 is 2.47 bits per heavy atom. The maximum absolute atomic E-state index is 6.05. The van der Waals surface area contributed by atoms with Crippen molar-refractivity contribution >= 4 is 11.6 Å². The van der Waals surface area contributed by atoms with Crippen LogP contribution in [0, 0.1) is 6.92 Å². The summed E-state index contributed by atoms with van der Waals surface area (Å²) in [4.78, 5) is 0. The molecule has 0 spiro atoms. The first-order valence-electron chi connectivity index (χ1n) is 4.68. The van der Waals surface area contributed by atoms with Crippen molar-refractivity contribution in [2.75, 3.05) is 21.3 Å². The number of halogens is 1. The number of benzene rings is 1. The van der Waals surface area contributed by atoms with Gasteiger partial charge in [-0.15, -0.1) is 0 Å². The van der Waals surface area contributed by atoms with Crippen molar-refractivity contribution in [1.29, 1.82) is 0 Å². The highest BCUT2D eigenvalue weighted by atomic mass is 35.5. The summed E-state index contributed by atoms with van der Waals surface area (Å²) in [5.41, 5.74) is 2.10. The molecule has 1 aromatic rings. The Hall–Kier alpha value is -0.770. The number of hydrogen-bond acceptors (Lipinski definition) is 3. The van der Waals surface area contributed by atoms with Crippen LogP contribution >= 0.6 is 11.6 Å². The first-order chi connectivity index (χ1) is 7.13. The van der Waals surface area contributed by atoms with E-state index in [2.05, 4.69) is 5.32 Å². The predicted molar refractivity (Wildman–Crippen MR) is 61.6 cm³/mol. The Balaban J connectivity index is 3.14. The third kappa shape index (κ3) is 2.62. The molecule has 0 saturated carbocycles. The lowest BCUT2D eigenvalue weighted by atomic mass is 10.1. The lowest BCUT2D eigenvalue weighted by Gasteiger charge is -2.18. The van der Waals surface area contributed by atoms with E-state index in [0.717, 1.165) is 11.1 Å². The molecule has 1 rings (SSSR count). The van der Waals surface area contributed by atoms with Crippen molar-refractivity contribution in [2.24, 2.45) is 0 Å². The van der Waals surface area contributed by atoms with Crippen molar-refractivity contribution in [3.8, 4) is 5.75 Å². The van der Waals surface area contributed by atoms with Crippen LogP contribution in [0.3, 0.4) is 0 Å². The second-order valence-corrected chi connectivity index (χ2v) is 3.65. The molecule has 0 aliphatic heterocycles. The van der Waals surface area contributed by atoms with E-state index in [0.29, 0.717) is 10.8 Å².